The SMILES string of the molecule is Cc1ccc(NC(=O)CSc2ncc(-c3ccccc3)[nH]2)cc1F. The largest absolute Gasteiger partial charge is 0.333 e. The molecular weight excluding hydrogens is 325 g/mol. The Labute approximate surface area is 143 Å². The fourth-order valence-corrected chi connectivity index (χ4v) is 2.79. The molecule has 0 aliphatic carbocycles. The van der Waals surface area contributed by atoms with Gasteiger partial charge in [-0.2, -0.15) is 0 Å². The number of nitrogens with one attached hydrogen (secondary N) is 2. The van der Waals surface area contributed by atoms with Crippen LogP contribution in [0.2, 0.25) is 0 Å². The van der Waals surface area contributed by atoms with Crippen LogP contribution in [0.1, 0.15) is 5.56 Å². The summed E-state index contributed by atoms with van der Waals surface area (Å²) in [4.78, 5) is 19.4. The van der Waals surface area contributed by atoms with Crippen LogP contribution in [-0.2, 0) is 4.79 Å². The number of nitrogens with zero attached hydrogens (tertiary/aromatic N) is 1. The molecular formula is C18H16FN3OS. The molecule has 24 heavy (non-hydrogen) atoms. The van der Waals surface area contributed by atoms with Crippen LogP contribution in [0.5, 0.6) is 0 Å². The zero-order valence-electron chi connectivity index (χ0n) is 13.0. The Hall–Kier alpha value is -2.60. The number of thioether (sulfide) groups is 1. The molecule has 1 heterocycles. The number of aromatic nitrogens is 2. The van der Waals surface area contributed by atoms with Crippen LogP contribution in [0.15, 0.2) is 59.9 Å². The number of rotatable bonds is 5. The molecule has 1 aromatic heterocycles. The highest BCUT2D eigenvalue weighted by atomic mass is 32.2. The van der Waals surface area contributed by atoms with Gasteiger partial charge in [0.2, 0.25) is 5.91 Å². The number of anilines is 1. The first-order chi connectivity index (χ1) is 11.6. The Bertz CT molecular complexity index is 848. The molecule has 122 valence electrons. The third kappa shape index (κ3) is 4.02. The lowest BCUT2D eigenvalue weighted by atomic mass is 10.2. The van der Waals surface area contributed by atoms with E-state index < -0.39 is 0 Å². The molecule has 0 spiro atoms. The van der Waals surface area contributed by atoms with Crippen LogP contribution in [0.4, 0.5) is 10.1 Å². The minimum absolute atomic E-state index is 0.192. The first-order valence-electron chi connectivity index (χ1n) is 7.41. The van der Waals surface area contributed by atoms with Crippen molar-refractivity contribution >= 4 is 23.4 Å². The first kappa shape index (κ1) is 16.3. The Morgan fingerprint density at radius 1 is 1.25 bits per heavy atom. The average Bonchev–Trinajstić information content (AvgIpc) is 3.06. The van der Waals surface area contributed by atoms with Crippen molar-refractivity contribution in [2.45, 2.75) is 12.1 Å². The fourth-order valence-electron chi connectivity index (χ4n) is 2.14. The van der Waals surface area contributed by atoms with Crippen LogP contribution in [0.3, 0.4) is 0 Å². The number of halogens is 1. The molecule has 0 aliphatic heterocycles. The van der Waals surface area contributed by atoms with E-state index in [0.717, 1.165) is 11.3 Å². The van der Waals surface area contributed by atoms with Crippen molar-refractivity contribution in [2.75, 3.05) is 11.1 Å². The third-order valence-electron chi connectivity index (χ3n) is 3.43. The minimum atomic E-state index is -0.334. The maximum absolute atomic E-state index is 13.5. The van der Waals surface area contributed by atoms with E-state index in [0.29, 0.717) is 16.4 Å². The summed E-state index contributed by atoms with van der Waals surface area (Å²) in [6, 6.07) is 14.5. The topological polar surface area (TPSA) is 57.8 Å². The molecule has 4 nitrogen and oxygen atoms in total. The first-order valence-corrected chi connectivity index (χ1v) is 8.39. The number of aryl methyl sites for hydroxylation is 1. The van der Waals surface area contributed by atoms with Crippen molar-refractivity contribution in [1.29, 1.82) is 0 Å². The average molecular weight is 341 g/mol. The van der Waals surface area contributed by atoms with Gasteiger partial charge >= 0.3 is 0 Å². The molecule has 0 saturated heterocycles. The van der Waals surface area contributed by atoms with Crippen molar-refractivity contribution in [2.24, 2.45) is 0 Å². The zero-order chi connectivity index (χ0) is 16.9. The monoisotopic (exact) mass is 341 g/mol. The van der Waals surface area contributed by atoms with Crippen LogP contribution in [-0.4, -0.2) is 21.6 Å². The number of aromatic amines is 1. The predicted octanol–water partition coefficient (Wildman–Crippen LogP) is 4.26. The quantitative estimate of drug-likeness (QED) is 0.682. The van der Waals surface area contributed by atoms with Gasteiger partial charge in [0, 0.05) is 5.69 Å². The summed E-state index contributed by atoms with van der Waals surface area (Å²) in [7, 11) is 0. The van der Waals surface area contributed by atoms with Gasteiger partial charge in [0.05, 0.1) is 17.6 Å². The van der Waals surface area contributed by atoms with Gasteiger partial charge in [-0.1, -0.05) is 48.2 Å². The molecule has 0 aliphatic rings. The van der Waals surface area contributed by atoms with Crippen molar-refractivity contribution in [3.05, 3.63) is 66.1 Å². The van der Waals surface area contributed by atoms with E-state index in [2.05, 4.69) is 15.3 Å². The highest BCUT2D eigenvalue weighted by Gasteiger charge is 2.08. The number of hydrogen-bond donors (Lipinski definition) is 2. The molecule has 0 bridgehead atoms. The number of H-pyrrole nitrogens is 1. The predicted molar refractivity (Wildman–Crippen MR) is 94.5 cm³/mol. The van der Waals surface area contributed by atoms with Crippen molar-refractivity contribution in [3.8, 4) is 11.3 Å². The Morgan fingerprint density at radius 3 is 2.79 bits per heavy atom. The summed E-state index contributed by atoms with van der Waals surface area (Å²) in [5.41, 5.74) is 2.94. The third-order valence-corrected chi connectivity index (χ3v) is 4.32. The van der Waals surface area contributed by atoms with Gasteiger partial charge < -0.3 is 10.3 Å². The van der Waals surface area contributed by atoms with Crippen LogP contribution in [0, 0.1) is 12.7 Å². The lowest BCUT2D eigenvalue weighted by Crippen LogP contribution is -2.14. The number of carbonyl (C=O) groups is 1. The van der Waals surface area contributed by atoms with Gasteiger partial charge in [0.1, 0.15) is 5.82 Å². The van der Waals surface area contributed by atoms with Gasteiger partial charge in [-0.25, -0.2) is 9.37 Å². The number of hydrogen-bond acceptors (Lipinski definition) is 3. The highest BCUT2D eigenvalue weighted by Crippen LogP contribution is 2.21. The van der Waals surface area contributed by atoms with E-state index in [1.165, 1.54) is 17.8 Å². The second kappa shape index (κ2) is 7.31. The molecule has 2 aromatic carbocycles. The van der Waals surface area contributed by atoms with Gasteiger partial charge in [0.15, 0.2) is 5.16 Å². The standard InChI is InChI=1S/C18H16FN3OS/c1-12-7-8-14(9-15(12)19)21-17(23)11-24-18-20-10-16(22-18)13-5-3-2-4-6-13/h2-10H,11H2,1H3,(H,20,22)(H,21,23). The van der Waals surface area contributed by atoms with Gasteiger partial charge in [-0.15, -0.1) is 0 Å². The van der Waals surface area contributed by atoms with E-state index in [4.69, 9.17) is 0 Å². The maximum atomic E-state index is 13.5. The van der Waals surface area contributed by atoms with Crippen LogP contribution in [0.25, 0.3) is 11.3 Å². The molecule has 6 heteroatoms. The van der Waals surface area contributed by atoms with E-state index in [-0.39, 0.29) is 17.5 Å². The Morgan fingerprint density at radius 2 is 2.04 bits per heavy atom. The lowest BCUT2D eigenvalue weighted by Gasteiger charge is -2.05. The molecule has 2 N–H and O–H groups in total. The molecule has 3 rings (SSSR count). The van der Waals surface area contributed by atoms with E-state index >= 15 is 0 Å². The molecule has 0 fully saturated rings. The Balaban J connectivity index is 1.56. The molecule has 0 saturated carbocycles. The second-order valence-electron chi connectivity index (χ2n) is 5.27. The van der Waals surface area contributed by atoms with Gasteiger partial charge in [-0.3, -0.25) is 4.79 Å². The minimum Gasteiger partial charge on any atom is -0.333 e. The summed E-state index contributed by atoms with van der Waals surface area (Å²) in [6.07, 6.45) is 1.74. The Kier molecular flexibility index (Phi) is 4.96. The normalized spacial score (nSPS) is 10.6. The summed E-state index contributed by atoms with van der Waals surface area (Å²) >= 11 is 1.30. The molecule has 0 unspecified atom stereocenters. The maximum Gasteiger partial charge on any atom is 0.234 e. The van der Waals surface area contributed by atoms with Crippen LogP contribution < -0.4 is 5.32 Å². The smallest absolute Gasteiger partial charge is 0.234 e. The van der Waals surface area contributed by atoms with Gasteiger partial charge in [-0.05, 0) is 30.2 Å². The van der Waals surface area contributed by atoms with Crippen molar-refractivity contribution in [3.63, 3.8) is 0 Å². The molecule has 1 amide bonds. The summed E-state index contributed by atoms with van der Waals surface area (Å²) in [5, 5.41) is 3.34. The van der Waals surface area contributed by atoms with E-state index in [9.17, 15) is 9.18 Å². The van der Waals surface area contributed by atoms with Crippen molar-refractivity contribution < 1.29 is 9.18 Å². The number of amides is 1. The number of benzene rings is 2. The summed E-state index contributed by atoms with van der Waals surface area (Å²) in [5.74, 6) is -0.350. The summed E-state index contributed by atoms with van der Waals surface area (Å²) < 4.78 is 13.5. The zero-order valence-corrected chi connectivity index (χ0v) is 13.9. The summed E-state index contributed by atoms with van der Waals surface area (Å²) in [6.45, 7) is 1.68. The van der Waals surface area contributed by atoms with Crippen LogP contribution >= 0.6 is 11.8 Å². The van der Waals surface area contributed by atoms with Gasteiger partial charge in [0.25, 0.3) is 0 Å². The second-order valence-corrected chi connectivity index (χ2v) is 6.23. The number of carbonyl (C=O) groups excluding carboxylic acids is 1. The molecule has 3 aromatic rings. The molecule has 0 radical (unpaired) electrons. The van der Waals surface area contributed by atoms with E-state index in [1.54, 1.807) is 25.3 Å². The molecule has 0 atom stereocenters. The lowest BCUT2D eigenvalue weighted by molar-refractivity contribution is -0.113. The number of imidazole rings is 1. The van der Waals surface area contributed by atoms with E-state index in [1.807, 2.05) is 30.3 Å². The highest BCUT2D eigenvalue weighted by molar-refractivity contribution is 7.99. The van der Waals surface area contributed by atoms with Crippen molar-refractivity contribution in [1.82, 2.24) is 9.97 Å². The fraction of sp³-hybridized carbons (Fsp3) is 0.111.